The second kappa shape index (κ2) is 7.04. The van der Waals surface area contributed by atoms with Crippen molar-refractivity contribution in [2.24, 2.45) is 0 Å². The van der Waals surface area contributed by atoms with Crippen molar-refractivity contribution in [2.75, 3.05) is 17.3 Å². The van der Waals surface area contributed by atoms with Crippen molar-refractivity contribution in [3.63, 3.8) is 0 Å². The van der Waals surface area contributed by atoms with Gasteiger partial charge in [0.2, 0.25) is 11.8 Å². The third-order valence-corrected chi connectivity index (χ3v) is 3.67. The number of hydrogen-bond acceptors (Lipinski definition) is 2. The van der Waals surface area contributed by atoms with Crippen LogP contribution in [-0.4, -0.2) is 18.9 Å². The Hall–Kier alpha value is -2.14. The van der Waals surface area contributed by atoms with Crippen molar-refractivity contribution in [2.45, 2.75) is 6.42 Å². The molecule has 0 aliphatic heterocycles. The Morgan fingerprint density at radius 3 is 2.33 bits per heavy atom. The molecular formula is C16H15BrN2O2. The van der Waals surface area contributed by atoms with Gasteiger partial charge in [0.15, 0.2) is 0 Å². The summed E-state index contributed by atoms with van der Waals surface area (Å²) in [4.78, 5) is 25.5. The van der Waals surface area contributed by atoms with E-state index >= 15 is 0 Å². The van der Waals surface area contributed by atoms with Crippen LogP contribution in [-0.2, 0) is 9.59 Å². The van der Waals surface area contributed by atoms with Crippen LogP contribution in [0.3, 0.4) is 0 Å². The van der Waals surface area contributed by atoms with E-state index in [2.05, 4.69) is 21.2 Å². The molecule has 4 nitrogen and oxygen atoms in total. The summed E-state index contributed by atoms with van der Waals surface area (Å²) in [5.74, 6) is -0.597. The van der Waals surface area contributed by atoms with Gasteiger partial charge in [0.1, 0.15) is 6.42 Å². The minimum atomic E-state index is -0.338. The zero-order chi connectivity index (χ0) is 15.2. The molecule has 0 atom stereocenters. The Bertz CT molecular complexity index is 644. The van der Waals surface area contributed by atoms with E-state index in [1.807, 2.05) is 48.5 Å². The fraction of sp³-hybridized carbons (Fsp3) is 0.125. The van der Waals surface area contributed by atoms with E-state index in [9.17, 15) is 9.59 Å². The predicted molar refractivity (Wildman–Crippen MR) is 87.2 cm³/mol. The van der Waals surface area contributed by atoms with Crippen LogP contribution >= 0.6 is 15.9 Å². The molecule has 0 radical (unpaired) electrons. The van der Waals surface area contributed by atoms with Crippen molar-refractivity contribution in [3.05, 3.63) is 59.1 Å². The first-order chi connectivity index (χ1) is 10.1. The number of anilines is 2. The molecule has 21 heavy (non-hydrogen) atoms. The van der Waals surface area contributed by atoms with Gasteiger partial charge in [0, 0.05) is 17.2 Å². The van der Waals surface area contributed by atoms with Crippen molar-refractivity contribution in [1.29, 1.82) is 0 Å². The third-order valence-electron chi connectivity index (χ3n) is 2.98. The van der Waals surface area contributed by atoms with Crippen molar-refractivity contribution >= 4 is 39.1 Å². The molecule has 0 aliphatic rings. The predicted octanol–water partition coefficient (Wildman–Crippen LogP) is 3.44. The maximum Gasteiger partial charge on any atom is 0.236 e. The lowest BCUT2D eigenvalue weighted by Crippen LogP contribution is -2.30. The highest BCUT2D eigenvalue weighted by molar-refractivity contribution is 9.10. The summed E-state index contributed by atoms with van der Waals surface area (Å²) in [6, 6.07) is 16.5. The van der Waals surface area contributed by atoms with Crippen molar-refractivity contribution in [1.82, 2.24) is 0 Å². The summed E-state index contributed by atoms with van der Waals surface area (Å²) in [5, 5.41) is 2.71. The van der Waals surface area contributed by atoms with Gasteiger partial charge in [0.25, 0.3) is 0 Å². The molecule has 0 unspecified atom stereocenters. The van der Waals surface area contributed by atoms with Gasteiger partial charge in [-0.1, -0.05) is 30.3 Å². The monoisotopic (exact) mass is 346 g/mol. The van der Waals surface area contributed by atoms with Crippen LogP contribution in [0, 0.1) is 0 Å². The molecule has 5 heteroatoms. The zero-order valence-electron chi connectivity index (χ0n) is 11.5. The molecule has 2 aromatic carbocycles. The third kappa shape index (κ3) is 4.16. The Morgan fingerprint density at radius 2 is 1.67 bits per heavy atom. The Balaban J connectivity index is 1.97. The zero-order valence-corrected chi connectivity index (χ0v) is 13.1. The molecule has 0 spiro atoms. The number of nitrogens with zero attached hydrogens (tertiary/aromatic N) is 1. The first kappa shape index (κ1) is 15.3. The van der Waals surface area contributed by atoms with Gasteiger partial charge < -0.3 is 10.2 Å². The lowest BCUT2D eigenvalue weighted by atomic mass is 10.2. The Labute approximate surface area is 131 Å². The van der Waals surface area contributed by atoms with Gasteiger partial charge in [-0.05, 0) is 40.2 Å². The summed E-state index contributed by atoms with van der Waals surface area (Å²) in [6.45, 7) is 0. The van der Waals surface area contributed by atoms with Crippen LogP contribution in [0.1, 0.15) is 6.42 Å². The molecule has 0 fully saturated rings. The van der Waals surface area contributed by atoms with Crippen LogP contribution in [0.15, 0.2) is 59.1 Å². The largest absolute Gasteiger partial charge is 0.325 e. The molecule has 0 heterocycles. The Morgan fingerprint density at radius 1 is 1.05 bits per heavy atom. The summed E-state index contributed by atoms with van der Waals surface area (Å²) in [6.07, 6.45) is -0.202. The number of carbonyl (C=O) groups is 2. The highest BCUT2D eigenvalue weighted by Crippen LogP contribution is 2.21. The van der Waals surface area contributed by atoms with Gasteiger partial charge in [-0.25, -0.2) is 0 Å². The van der Waals surface area contributed by atoms with Crippen LogP contribution in [0.2, 0.25) is 0 Å². The highest BCUT2D eigenvalue weighted by Gasteiger charge is 2.15. The molecule has 0 saturated heterocycles. The molecule has 1 N–H and O–H groups in total. The van der Waals surface area contributed by atoms with Gasteiger partial charge in [-0.2, -0.15) is 0 Å². The van der Waals surface area contributed by atoms with Crippen LogP contribution < -0.4 is 10.2 Å². The number of hydrogen-bond donors (Lipinski definition) is 1. The van der Waals surface area contributed by atoms with Gasteiger partial charge >= 0.3 is 0 Å². The molecule has 2 amide bonds. The topological polar surface area (TPSA) is 49.4 Å². The maximum absolute atomic E-state index is 12.1. The number of rotatable bonds is 4. The number of benzene rings is 2. The normalized spacial score (nSPS) is 10.0. The van der Waals surface area contributed by atoms with E-state index < -0.39 is 0 Å². The second-order valence-corrected chi connectivity index (χ2v) is 5.35. The second-order valence-electron chi connectivity index (χ2n) is 4.49. The average Bonchev–Trinajstić information content (AvgIpc) is 2.49. The van der Waals surface area contributed by atoms with Gasteiger partial charge in [-0.3, -0.25) is 9.59 Å². The number of para-hydroxylation sites is 2. The first-order valence-electron chi connectivity index (χ1n) is 6.44. The van der Waals surface area contributed by atoms with E-state index in [1.54, 1.807) is 13.1 Å². The summed E-state index contributed by atoms with van der Waals surface area (Å²) in [5.41, 5.74) is 1.41. The first-order valence-corrected chi connectivity index (χ1v) is 7.23. The van der Waals surface area contributed by atoms with E-state index in [-0.39, 0.29) is 18.2 Å². The maximum atomic E-state index is 12.1. The van der Waals surface area contributed by atoms with E-state index in [0.29, 0.717) is 5.69 Å². The molecule has 2 rings (SSSR count). The Kier molecular flexibility index (Phi) is 5.11. The van der Waals surface area contributed by atoms with Gasteiger partial charge in [-0.15, -0.1) is 0 Å². The van der Waals surface area contributed by atoms with Crippen molar-refractivity contribution in [3.8, 4) is 0 Å². The molecule has 0 saturated carbocycles. The highest BCUT2D eigenvalue weighted by atomic mass is 79.9. The number of nitrogens with one attached hydrogen (secondary N) is 1. The molecular weight excluding hydrogens is 332 g/mol. The number of carbonyl (C=O) groups excluding carboxylic acids is 2. The molecule has 0 bridgehead atoms. The lowest BCUT2D eigenvalue weighted by Gasteiger charge is -2.17. The van der Waals surface area contributed by atoms with Crippen LogP contribution in [0.4, 0.5) is 11.4 Å². The van der Waals surface area contributed by atoms with Crippen LogP contribution in [0.25, 0.3) is 0 Å². The molecule has 2 aromatic rings. The fourth-order valence-electron chi connectivity index (χ4n) is 1.81. The van der Waals surface area contributed by atoms with E-state index in [1.165, 1.54) is 4.90 Å². The smallest absolute Gasteiger partial charge is 0.236 e. The quantitative estimate of drug-likeness (QED) is 0.862. The summed E-state index contributed by atoms with van der Waals surface area (Å²) < 4.78 is 0.780. The number of amides is 2. The summed E-state index contributed by atoms with van der Waals surface area (Å²) in [7, 11) is 1.66. The minimum Gasteiger partial charge on any atom is -0.325 e. The fourth-order valence-corrected chi connectivity index (χ4v) is 2.19. The van der Waals surface area contributed by atoms with E-state index in [4.69, 9.17) is 0 Å². The van der Waals surface area contributed by atoms with Crippen LogP contribution in [0.5, 0.6) is 0 Å². The lowest BCUT2D eigenvalue weighted by molar-refractivity contribution is -0.125. The molecule has 0 aliphatic carbocycles. The number of halogens is 1. The standard InChI is InChI=1S/C16H15BrN2O2/c1-19(12-7-3-2-4-8-12)16(21)11-15(20)18-14-10-6-5-9-13(14)17/h2-10H,11H2,1H3,(H,18,20). The van der Waals surface area contributed by atoms with Crippen molar-refractivity contribution < 1.29 is 9.59 Å². The average molecular weight is 347 g/mol. The summed E-state index contributed by atoms with van der Waals surface area (Å²) >= 11 is 3.35. The minimum absolute atomic E-state index is 0.202. The molecule has 0 aromatic heterocycles. The van der Waals surface area contributed by atoms with Gasteiger partial charge in [0.05, 0.1) is 5.69 Å². The molecule has 108 valence electrons. The van der Waals surface area contributed by atoms with E-state index in [0.717, 1.165) is 10.2 Å². The SMILES string of the molecule is CN(C(=O)CC(=O)Nc1ccccc1Br)c1ccccc1.